The van der Waals surface area contributed by atoms with Gasteiger partial charge in [0.1, 0.15) is 6.54 Å². The summed E-state index contributed by atoms with van der Waals surface area (Å²) < 4.78 is 10.1. The van der Waals surface area contributed by atoms with Crippen LogP contribution in [0, 0.1) is 4.91 Å². The van der Waals surface area contributed by atoms with Crippen LogP contribution in [0.15, 0.2) is 41.5 Å². The van der Waals surface area contributed by atoms with E-state index in [0.717, 1.165) is 0 Å². The maximum absolute atomic E-state index is 9.80. The molecule has 0 amide bonds. The third-order valence-corrected chi connectivity index (χ3v) is 1.29. The Morgan fingerprint density at radius 1 is 1.50 bits per heavy atom. The van der Waals surface area contributed by atoms with Gasteiger partial charge in [-0.2, -0.15) is 4.91 Å². The summed E-state index contributed by atoms with van der Waals surface area (Å²) in [6.45, 7) is 3.79. The van der Waals surface area contributed by atoms with Gasteiger partial charge < -0.3 is 9.47 Å². The highest BCUT2D eigenvalue weighted by atomic mass is 16.7. The molecule has 64 valence electrons. The van der Waals surface area contributed by atoms with Gasteiger partial charge in [0, 0.05) is 0 Å². The number of hydrogen-bond donors (Lipinski definition) is 0. The molecule has 1 rings (SSSR count). The molecule has 1 heterocycles. The van der Waals surface area contributed by atoms with E-state index in [1.807, 2.05) is 0 Å². The van der Waals surface area contributed by atoms with Gasteiger partial charge in [0.15, 0.2) is 11.5 Å². The molecule has 4 heteroatoms. The fourth-order valence-electron chi connectivity index (χ4n) is 0.816. The van der Waals surface area contributed by atoms with E-state index in [1.54, 1.807) is 18.2 Å². The first-order valence-electron chi connectivity index (χ1n) is 3.46. The highest BCUT2D eigenvalue weighted by molar-refractivity contribution is 5.25. The van der Waals surface area contributed by atoms with Gasteiger partial charge in [0.2, 0.25) is 6.79 Å². The number of allylic oxidation sites excluding steroid dienone is 2. The van der Waals surface area contributed by atoms with Crippen LogP contribution < -0.4 is 0 Å². The van der Waals surface area contributed by atoms with Crippen molar-refractivity contribution in [2.24, 2.45) is 5.18 Å². The molecule has 1 fully saturated rings. The SMILES string of the molecule is C=C/C=C1/OCO/C1=C/CN=O. The monoisotopic (exact) mass is 167 g/mol. The van der Waals surface area contributed by atoms with Gasteiger partial charge >= 0.3 is 0 Å². The third-order valence-electron chi connectivity index (χ3n) is 1.29. The molecule has 0 aromatic heterocycles. The Morgan fingerprint density at radius 3 is 2.92 bits per heavy atom. The molecule has 0 N–H and O–H groups in total. The molecule has 0 saturated carbocycles. The van der Waals surface area contributed by atoms with E-state index in [9.17, 15) is 4.91 Å². The maximum Gasteiger partial charge on any atom is 0.231 e. The lowest BCUT2D eigenvalue weighted by molar-refractivity contribution is 0.0975. The number of nitroso groups, excluding NO2 is 1. The minimum absolute atomic E-state index is 0.0905. The molecule has 12 heavy (non-hydrogen) atoms. The molecule has 0 atom stereocenters. The lowest BCUT2D eigenvalue weighted by atomic mass is 10.3. The molecular formula is C8H9NO3. The Hall–Kier alpha value is -1.58. The molecule has 0 aromatic rings. The van der Waals surface area contributed by atoms with E-state index in [1.165, 1.54) is 0 Å². The van der Waals surface area contributed by atoms with E-state index < -0.39 is 0 Å². The fourth-order valence-corrected chi connectivity index (χ4v) is 0.816. The van der Waals surface area contributed by atoms with Crippen molar-refractivity contribution in [3.05, 3.63) is 41.2 Å². The van der Waals surface area contributed by atoms with Gasteiger partial charge in [0.25, 0.3) is 0 Å². The molecule has 0 aliphatic carbocycles. The minimum Gasteiger partial charge on any atom is -0.454 e. The molecule has 0 unspecified atom stereocenters. The molecule has 0 aromatic carbocycles. The van der Waals surface area contributed by atoms with Crippen LogP contribution in [-0.4, -0.2) is 13.3 Å². The fraction of sp³-hybridized carbons (Fsp3) is 0.250. The van der Waals surface area contributed by atoms with Crippen molar-refractivity contribution in [1.82, 2.24) is 0 Å². The van der Waals surface area contributed by atoms with Gasteiger partial charge in [-0.3, -0.25) is 0 Å². The van der Waals surface area contributed by atoms with Crippen molar-refractivity contribution in [2.75, 3.05) is 13.3 Å². The van der Waals surface area contributed by atoms with Crippen LogP contribution in [0.25, 0.3) is 0 Å². The Kier molecular flexibility index (Phi) is 3.07. The van der Waals surface area contributed by atoms with Crippen molar-refractivity contribution in [3.8, 4) is 0 Å². The zero-order chi connectivity index (χ0) is 8.81. The molecule has 0 radical (unpaired) electrons. The number of hydrogen-bond acceptors (Lipinski definition) is 4. The molecular weight excluding hydrogens is 158 g/mol. The summed E-state index contributed by atoms with van der Waals surface area (Å²) in [5, 5.41) is 2.68. The molecule has 1 aliphatic heterocycles. The van der Waals surface area contributed by atoms with Crippen LogP contribution in [0.2, 0.25) is 0 Å². The van der Waals surface area contributed by atoms with Crippen molar-refractivity contribution in [1.29, 1.82) is 0 Å². The van der Waals surface area contributed by atoms with Gasteiger partial charge in [-0.05, 0) is 12.2 Å². The normalized spacial score (nSPS) is 22.0. The average molecular weight is 167 g/mol. The molecule has 0 spiro atoms. The molecule has 1 aliphatic rings. The van der Waals surface area contributed by atoms with Crippen LogP contribution in [0.1, 0.15) is 0 Å². The Labute approximate surface area is 70.1 Å². The van der Waals surface area contributed by atoms with Crippen LogP contribution in [0.4, 0.5) is 0 Å². The third kappa shape index (κ3) is 1.95. The Balaban J connectivity index is 2.69. The second-order valence-corrected chi connectivity index (χ2v) is 2.05. The van der Waals surface area contributed by atoms with E-state index in [2.05, 4.69) is 11.8 Å². The zero-order valence-corrected chi connectivity index (χ0v) is 6.53. The lowest BCUT2D eigenvalue weighted by Crippen LogP contribution is -1.83. The van der Waals surface area contributed by atoms with E-state index in [-0.39, 0.29) is 13.3 Å². The lowest BCUT2D eigenvalue weighted by Gasteiger charge is -1.92. The van der Waals surface area contributed by atoms with Crippen molar-refractivity contribution in [3.63, 3.8) is 0 Å². The second kappa shape index (κ2) is 4.33. The van der Waals surface area contributed by atoms with Crippen molar-refractivity contribution < 1.29 is 9.47 Å². The maximum atomic E-state index is 9.80. The van der Waals surface area contributed by atoms with Crippen molar-refractivity contribution >= 4 is 0 Å². The smallest absolute Gasteiger partial charge is 0.231 e. The van der Waals surface area contributed by atoms with Gasteiger partial charge in [-0.25, -0.2) is 0 Å². The number of rotatable bonds is 3. The van der Waals surface area contributed by atoms with Crippen LogP contribution in [0.5, 0.6) is 0 Å². The van der Waals surface area contributed by atoms with Gasteiger partial charge in [0.05, 0.1) is 0 Å². The summed E-state index contributed by atoms with van der Waals surface area (Å²) in [6.07, 6.45) is 4.82. The number of nitrogens with zero attached hydrogens (tertiary/aromatic N) is 1. The summed E-state index contributed by atoms with van der Waals surface area (Å²) in [5.74, 6) is 1.14. The first kappa shape index (κ1) is 8.52. The van der Waals surface area contributed by atoms with E-state index in [4.69, 9.17) is 9.47 Å². The molecule has 1 saturated heterocycles. The average Bonchev–Trinajstić information content (AvgIpc) is 2.50. The van der Waals surface area contributed by atoms with E-state index >= 15 is 0 Å². The second-order valence-electron chi connectivity index (χ2n) is 2.05. The summed E-state index contributed by atoms with van der Waals surface area (Å²) in [6, 6.07) is 0. The summed E-state index contributed by atoms with van der Waals surface area (Å²) in [7, 11) is 0. The molecule has 0 bridgehead atoms. The number of ether oxygens (including phenoxy) is 2. The standard InChI is InChI=1S/C8H9NO3/c1-2-3-7-8(4-5-9-10)12-6-11-7/h2-4H,1,5-6H2/b7-3+,8-4+. The van der Waals surface area contributed by atoms with Gasteiger partial charge in [-0.1, -0.05) is 17.8 Å². The van der Waals surface area contributed by atoms with Gasteiger partial charge in [-0.15, -0.1) is 0 Å². The van der Waals surface area contributed by atoms with Crippen LogP contribution >= 0.6 is 0 Å². The highest BCUT2D eigenvalue weighted by Gasteiger charge is 2.14. The van der Waals surface area contributed by atoms with Crippen LogP contribution in [0.3, 0.4) is 0 Å². The predicted molar refractivity (Wildman–Crippen MR) is 44.1 cm³/mol. The first-order valence-corrected chi connectivity index (χ1v) is 3.46. The molecule has 4 nitrogen and oxygen atoms in total. The topological polar surface area (TPSA) is 47.9 Å². The highest BCUT2D eigenvalue weighted by Crippen LogP contribution is 2.20. The van der Waals surface area contributed by atoms with Crippen molar-refractivity contribution in [2.45, 2.75) is 0 Å². The summed E-state index contributed by atoms with van der Waals surface area (Å²) in [4.78, 5) is 9.80. The Bertz CT molecular complexity index is 243. The zero-order valence-electron chi connectivity index (χ0n) is 6.53. The summed E-state index contributed by atoms with van der Waals surface area (Å²) >= 11 is 0. The largest absolute Gasteiger partial charge is 0.454 e. The van der Waals surface area contributed by atoms with E-state index in [0.29, 0.717) is 11.5 Å². The predicted octanol–water partition coefficient (Wildman–Crippen LogP) is 1.71. The quantitative estimate of drug-likeness (QED) is 0.601. The minimum atomic E-state index is 0.0905. The Morgan fingerprint density at radius 2 is 2.25 bits per heavy atom. The van der Waals surface area contributed by atoms with Crippen LogP contribution in [-0.2, 0) is 9.47 Å². The first-order chi connectivity index (χ1) is 5.88. The summed E-state index contributed by atoms with van der Waals surface area (Å²) in [5.41, 5.74) is 0.